The first-order valence-corrected chi connectivity index (χ1v) is 9.40. The van der Waals surface area contributed by atoms with E-state index in [0.717, 1.165) is 11.1 Å². The number of carboxylic acid groups (broad SMARTS) is 1. The van der Waals surface area contributed by atoms with Crippen LogP contribution >= 0.6 is 11.6 Å². The third-order valence-corrected chi connectivity index (χ3v) is 5.13. The first-order valence-electron chi connectivity index (χ1n) is 9.03. The van der Waals surface area contributed by atoms with Gasteiger partial charge in [-0.15, -0.1) is 0 Å². The lowest BCUT2D eigenvalue weighted by atomic mass is 9.86. The van der Waals surface area contributed by atoms with Crippen molar-refractivity contribution in [2.45, 2.75) is 31.7 Å². The predicted molar refractivity (Wildman–Crippen MR) is 104 cm³/mol. The summed E-state index contributed by atoms with van der Waals surface area (Å²) in [4.78, 5) is 23.1. The molecule has 0 atom stereocenters. The van der Waals surface area contributed by atoms with E-state index in [0.29, 0.717) is 36.5 Å². The number of hydrogen-bond acceptors (Lipinski definition) is 3. The molecule has 2 aromatic rings. The molecule has 0 aliphatic heterocycles. The highest BCUT2D eigenvalue weighted by Gasteiger charge is 2.26. The summed E-state index contributed by atoms with van der Waals surface area (Å²) in [6, 6.07) is 15.4. The fourth-order valence-corrected chi connectivity index (χ4v) is 3.56. The molecule has 0 heterocycles. The van der Waals surface area contributed by atoms with Crippen LogP contribution in [-0.4, -0.2) is 29.6 Å². The molecule has 0 unspecified atom stereocenters. The van der Waals surface area contributed by atoms with Gasteiger partial charge in [-0.05, 0) is 48.9 Å². The summed E-state index contributed by atoms with van der Waals surface area (Å²) < 4.78 is 5.55. The van der Waals surface area contributed by atoms with Crippen molar-refractivity contribution in [3.05, 3.63) is 53.6 Å². The molecule has 6 heteroatoms. The number of carboxylic acids is 1. The summed E-state index contributed by atoms with van der Waals surface area (Å²) in [5, 5.41) is 12.4. The van der Waals surface area contributed by atoms with Crippen LogP contribution in [0.25, 0.3) is 11.1 Å². The fourth-order valence-electron chi connectivity index (χ4n) is 3.33. The van der Waals surface area contributed by atoms with Crippen LogP contribution in [0.1, 0.15) is 25.7 Å². The zero-order chi connectivity index (χ0) is 19.2. The van der Waals surface area contributed by atoms with Crippen LogP contribution < -0.4 is 10.1 Å². The first kappa shape index (κ1) is 19.2. The van der Waals surface area contributed by atoms with Gasteiger partial charge in [0.15, 0.2) is 6.61 Å². The van der Waals surface area contributed by atoms with E-state index in [4.69, 9.17) is 21.4 Å². The Labute approximate surface area is 163 Å². The number of ether oxygens (including phenoxy) is 1. The monoisotopic (exact) mass is 387 g/mol. The largest absolute Gasteiger partial charge is 0.482 e. The van der Waals surface area contributed by atoms with E-state index in [1.807, 2.05) is 42.5 Å². The molecule has 0 spiro atoms. The number of aliphatic carboxylic acids is 1. The molecule has 1 aliphatic carbocycles. The van der Waals surface area contributed by atoms with Crippen molar-refractivity contribution in [3.8, 4) is 16.9 Å². The molecule has 0 radical (unpaired) electrons. The Morgan fingerprint density at radius 1 is 1.04 bits per heavy atom. The molecule has 2 N–H and O–H groups in total. The minimum atomic E-state index is -0.753. The number of rotatable bonds is 6. The first-order chi connectivity index (χ1) is 13.0. The highest BCUT2D eigenvalue weighted by atomic mass is 35.5. The Kier molecular flexibility index (Phi) is 6.35. The van der Waals surface area contributed by atoms with Gasteiger partial charge in [0.25, 0.3) is 5.91 Å². The zero-order valence-corrected chi connectivity index (χ0v) is 15.6. The number of carbonyl (C=O) groups is 2. The van der Waals surface area contributed by atoms with Crippen LogP contribution in [0.3, 0.4) is 0 Å². The summed E-state index contributed by atoms with van der Waals surface area (Å²) in [6.07, 6.45) is 2.53. The maximum atomic E-state index is 12.1. The summed E-state index contributed by atoms with van der Waals surface area (Å²) in [5.41, 5.74) is 2.04. The van der Waals surface area contributed by atoms with Gasteiger partial charge in [-0.25, -0.2) is 0 Å². The van der Waals surface area contributed by atoms with Crippen molar-refractivity contribution in [2.75, 3.05) is 6.61 Å². The lowest BCUT2D eigenvalue weighted by molar-refractivity contribution is -0.142. The minimum Gasteiger partial charge on any atom is -0.482 e. The third-order valence-electron chi connectivity index (χ3n) is 4.84. The summed E-state index contributed by atoms with van der Waals surface area (Å²) in [7, 11) is 0. The fraction of sp³-hybridized carbons (Fsp3) is 0.333. The molecule has 27 heavy (non-hydrogen) atoms. The number of benzene rings is 2. The van der Waals surface area contributed by atoms with E-state index in [9.17, 15) is 9.59 Å². The van der Waals surface area contributed by atoms with E-state index >= 15 is 0 Å². The normalized spacial score (nSPS) is 19.3. The number of hydrogen-bond donors (Lipinski definition) is 2. The maximum Gasteiger partial charge on any atom is 0.306 e. The van der Waals surface area contributed by atoms with Crippen molar-refractivity contribution >= 4 is 23.5 Å². The van der Waals surface area contributed by atoms with E-state index in [2.05, 4.69) is 5.32 Å². The van der Waals surface area contributed by atoms with Gasteiger partial charge in [0.2, 0.25) is 0 Å². The Balaban J connectivity index is 1.50. The van der Waals surface area contributed by atoms with Gasteiger partial charge in [-0.2, -0.15) is 0 Å². The second kappa shape index (κ2) is 8.91. The summed E-state index contributed by atoms with van der Waals surface area (Å²) in [6.45, 7) is -0.122. The van der Waals surface area contributed by atoms with Gasteiger partial charge in [-0.1, -0.05) is 48.0 Å². The van der Waals surface area contributed by atoms with Crippen molar-refractivity contribution in [2.24, 2.45) is 5.92 Å². The molecule has 5 nitrogen and oxygen atoms in total. The van der Waals surface area contributed by atoms with Gasteiger partial charge >= 0.3 is 5.97 Å². The molecular weight excluding hydrogens is 366 g/mol. The van der Waals surface area contributed by atoms with E-state index in [1.54, 1.807) is 6.07 Å². The molecule has 1 aliphatic rings. The molecule has 1 amide bonds. The number of carbonyl (C=O) groups excluding carboxylic acids is 1. The van der Waals surface area contributed by atoms with E-state index < -0.39 is 5.97 Å². The maximum absolute atomic E-state index is 12.1. The lowest BCUT2D eigenvalue weighted by Crippen LogP contribution is -2.40. The van der Waals surface area contributed by atoms with Crippen molar-refractivity contribution < 1.29 is 19.4 Å². The molecular formula is C21H22ClNO4. The van der Waals surface area contributed by atoms with E-state index in [1.165, 1.54) is 0 Å². The molecule has 0 bridgehead atoms. The standard InChI is InChI=1S/C21H22ClNO4/c22-18-12-16(14-4-2-1-3-5-14)8-11-19(18)27-13-20(24)23-17-9-6-15(7-10-17)21(25)26/h1-5,8,11-12,15,17H,6-7,9-10,13H2,(H,23,24)(H,25,26). The summed E-state index contributed by atoms with van der Waals surface area (Å²) in [5.74, 6) is -0.814. The number of nitrogens with one attached hydrogen (secondary N) is 1. The van der Waals surface area contributed by atoms with Crippen molar-refractivity contribution in [1.29, 1.82) is 0 Å². The van der Waals surface area contributed by atoms with Crippen LogP contribution in [-0.2, 0) is 9.59 Å². The van der Waals surface area contributed by atoms with E-state index in [-0.39, 0.29) is 24.5 Å². The highest BCUT2D eigenvalue weighted by molar-refractivity contribution is 6.32. The molecule has 1 fully saturated rings. The van der Waals surface area contributed by atoms with Gasteiger partial charge in [0, 0.05) is 6.04 Å². The SMILES string of the molecule is O=C(COc1ccc(-c2ccccc2)cc1Cl)NC1CCC(C(=O)O)CC1. The van der Waals surface area contributed by atoms with Gasteiger partial charge in [0.1, 0.15) is 5.75 Å². The Hall–Kier alpha value is -2.53. The number of amides is 1. The second-order valence-electron chi connectivity index (χ2n) is 6.75. The minimum absolute atomic E-state index is 0.00706. The van der Waals surface area contributed by atoms with Gasteiger partial charge in [-0.3, -0.25) is 9.59 Å². The highest BCUT2D eigenvalue weighted by Crippen LogP contribution is 2.30. The zero-order valence-electron chi connectivity index (χ0n) is 14.9. The number of halogens is 1. The molecule has 0 saturated heterocycles. The van der Waals surface area contributed by atoms with Crippen LogP contribution in [0, 0.1) is 5.92 Å². The van der Waals surface area contributed by atoms with Crippen molar-refractivity contribution in [1.82, 2.24) is 5.32 Å². The summed E-state index contributed by atoms with van der Waals surface area (Å²) >= 11 is 6.29. The van der Waals surface area contributed by atoms with Crippen LogP contribution in [0.15, 0.2) is 48.5 Å². The average molecular weight is 388 g/mol. The molecule has 3 rings (SSSR count). The Morgan fingerprint density at radius 3 is 2.37 bits per heavy atom. The molecule has 2 aromatic carbocycles. The predicted octanol–water partition coefficient (Wildman–Crippen LogP) is 4.15. The average Bonchev–Trinajstić information content (AvgIpc) is 2.68. The third kappa shape index (κ3) is 5.23. The molecule has 0 aromatic heterocycles. The van der Waals surface area contributed by atoms with Crippen LogP contribution in [0.2, 0.25) is 5.02 Å². The van der Waals surface area contributed by atoms with Crippen molar-refractivity contribution in [3.63, 3.8) is 0 Å². The smallest absolute Gasteiger partial charge is 0.306 e. The topological polar surface area (TPSA) is 75.6 Å². The Bertz CT molecular complexity index is 801. The van der Waals surface area contributed by atoms with Gasteiger partial charge < -0.3 is 15.2 Å². The second-order valence-corrected chi connectivity index (χ2v) is 7.16. The van der Waals surface area contributed by atoms with Crippen LogP contribution in [0.5, 0.6) is 5.75 Å². The van der Waals surface area contributed by atoms with Crippen LogP contribution in [0.4, 0.5) is 0 Å². The molecule has 142 valence electrons. The molecule has 1 saturated carbocycles. The quantitative estimate of drug-likeness (QED) is 0.780. The van der Waals surface area contributed by atoms with Gasteiger partial charge in [0.05, 0.1) is 10.9 Å². The Morgan fingerprint density at radius 2 is 1.74 bits per heavy atom. The lowest BCUT2D eigenvalue weighted by Gasteiger charge is -2.26.